The van der Waals surface area contributed by atoms with Gasteiger partial charge in [0.15, 0.2) is 5.82 Å². The molecule has 4 aromatic heterocycles. The maximum atomic E-state index is 13.1. The number of nitrogen functional groups attached to an aromatic ring is 1. The first-order valence-electron chi connectivity index (χ1n) is 21.0. The summed E-state index contributed by atoms with van der Waals surface area (Å²) < 4.78 is 9.24. The van der Waals surface area contributed by atoms with Crippen molar-refractivity contribution in [3.63, 3.8) is 0 Å². The predicted octanol–water partition coefficient (Wildman–Crippen LogP) is 5.79. The van der Waals surface area contributed by atoms with Crippen molar-refractivity contribution in [2.24, 2.45) is 0 Å². The number of hydrogen-bond donors (Lipinski definition) is 5. The Labute approximate surface area is 362 Å². The minimum absolute atomic E-state index is 0.151. The van der Waals surface area contributed by atoms with Gasteiger partial charge in [0.1, 0.15) is 29.6 Å². The molecule has 2 aliphatic rings. The zero-order valence-electron chi connectivity index (χ0n) is 35.3. The van der Waals surface area contributed by atoms with Crippen LogP contribution in [0, 0.1) is 0 Å². The highest BCUT2D eigenvalue weighted by atomic mass is 16.5. The number of imide groups is 1. The Morgan fingerprint density at radius 2 is 1.76 bits per heavy atom. The smallest absolute Gasteiger partial charge is 0.324 e. The Morgan fingerprint density at radius 3 is 2.54 bits per heavy atom. The van der Waals surface area contributed by atoms with Crippen LogP contribution in [-0.2, 0) is 45.9 Å². The van der Waals surface area contributed by atoms with Crippen LogP contribution in [0.15, 0.2) is 71.8 Å². The second-order valence-electron chi connectivity index (χ2n) is 16.8. The number of aromatic nitrogens is 7. The number of benzene rings is 2. The third-order valence-corrected chi connectivity index (χ3v) is 11.2. The van der Waals surface area contributed by atoms with Crippen LogP contribution >= 0.6 is 0 Å². The van der Waals surface area contributed by atoms with E-state index in [9.17, 15) is 24.0 Å². The Bertz CT molecular complexity index is 2690. The molecule has 1 atom stereocenters. The molecule has 0 radical (unpaired) electrons. The first-order chi connectivity index (χ1) is 30.3. The number of nitrogens with one attached hydrogen (secondary N) is 4. The van der Waals surface area contributed by atoms with Crippen LogP contribution in [0.3, 0.4) is 0 Å². The van der Waals surface area contributed by atoms with E-state index in [2.05, 4.69) is 51.3 Å². The first kappa shape index (κ1) is 42.3. The van der Waals surface area contributed by atoms with Crippen molar-refractivity contribution < 1.29 is 28.5 Å². The van der Waals surface area contributed by atoms with E-state index in [1.54, 1.807) is 24.3 Å². The van der Waals surface area contributed by atoms with Crippen molar-refractivity contribution in [3.05, 3.63) is 89.8 Å². The summed E-state index contributed by atoms with van der Waals surface area (Å²) in [7, 11) is 0. The number of aryl methyl sites for hydroxylation is 3. The molecule has 6 heterocycles. The van der Waals surface area contributed by atoms with Gasteiger partial charge in [-0.3, -0.25) is 34.5 Å². The fourth-order valence-electron chi connectivity index (χ4n) is 7.88. The molecule has 1 unspecified atom stereocenters. The highest BCUT2D eigenvalue weighted by Gasteiger charge is 2.40. The van der Waals surface area contributed by atoms with Crippen molar-refractivity contribution in [2.45, 2.75) is 103 Å². The number of anilines is 4. The Kier molecular flexibility index (Phi) is 12.0. The van der Waals surface area contributed by atoms with Crippen molar-refractivity contribution in [1.82, 2.24) is 44.9 Å². The van der Waals surface area contributed by atoms with Gasteiger partial charge in [0.25, 0.3) is 5.91 Å². The SMILES string of the molecule is CC(C)(C)c1cc(NC(=O)Nc2ccc(-c3cn(CCCc4cn(CCCCCC(=O)Nc5cccc6c5CN(C5CCC(=O)NC5=O)C6=O)nn4)c4ncnc(N)c34)cc2)no1. The summed E-state index contributed by atoms with van der Waals surface area (Å²) >= 11 is 0. The lowest BCUT2D eigenvalue weighted by atomic mass is 9.93. The molecule has 0 aliphatic carbocycles. The van der Waals surface area contributed by atoms with E-state index in [0.717, 1.165) is 47.1 Å². The molecule has 326 valence electrons. The molecule has 8 rings (SSSR count). The van der Waals surface area contributed by atoms with Gasteiger partial charge in [-0.1, -0.05) is 55.8 Å². The number of piperidine rings is 1. The molecule has 19 heteroatoms. The van der Waals surface area contributed by atoms with Crippen LogP contribution in [0.2, 0.25) is 0 Å². The number of nitrogens with two attached hydrogens (primary N) is 1. The molecular weight excluding hydrogens is 807 g/mol. The van der Waals surface area contributed by atoms with E-state index in [0.29, 0.717) is 72.2 Å². The standard InChI is InChI=1S/C44H49N13O6/c1-44(2,3)34-21-35(53-63-34)50-43(62)48-27-15-13-26(14-16-27)30-23-55(40-38(30)39(45)46-25-47-40)19-8-9-28-22-56(54-52-28)20-6-4-5-12-36(58)49-32-11-7-10-29-31(32)24-57(42(29)61)33-17-18-37(59)51-41(33)60/h7,10-11,13-16,21-23,25,33H,4-6,8-9,12,17-20,24H2,1-3H3,(H,49,58)(H2,45,46,47)(H,51,59,60)(H2,48,50,53,62). The number of unbranched alkanes of at least 4 members (excludes halogenated alkanes) is 2. The molecule has 19 nitrogen and oxygen atoms in total. The maximum Gasteiger partial charge on any atom is 0.324 e. The van der Waals surface area contributed by atoms with Crippen LogP contribution in [0.1, 0.15) is 93.1 Å². The molecular formula is C44H49N13O6. The number of amides is 6. The predicted molar refractivity (Wildman–Crippen MR) is 233 cm³/mol. The van der Waals surface area contributed by atoms with E-state index in [-0.39, 0.29) is 42.5 Å². The van der Waals surface area contributed by atoms with E-state index < -0.39 is 18.0 Å². The fraction of sp³-hybridized carbons (Fsp3) is 0.364. The van der Waals surface area contributed by atoms with Crippen LogP contribution in [-0.4, -0.2) is 75.3 Å². The summed E-state index contributed by atoms with van der Waals surface area (Å²) in [6, 6.07) is 13.1. The number of rotatable bonds is 15. The summed E-state index contributed by atoms with van der Waals surface area (Å²) in [5, 5.41) is 24.2. The Balaban J connectivity index is 0.783. The monoisotopic (exact) mass is 855 g/mol. The average Bonchev–Trinajstić information content (AvgIpc) is 4.05. The molecule has 6 amide bonds. The van der Waals surface area contributed by atoms with Crippen LogP contribution in [0.25, 0.3) is 22.2 Å². The van der Waals surface area contributed by atoms with E-state index >= 15 is 0 Å². The van der Waals surface area contributed by atoms with Crippen molar-refractivity contribution >= 4 is 63.7 Å². The summed E-state index contributed by atoms with van der Waals surface area (Å²) in [4.78, 5) is 73.0. The summed E-state index contributed by atoms with van der Waals surface area (Å²) in [6.07, 6.45) is 9.96. The second-order valence-corrected chi connectivity index (χ2v) is 16.8. The first-order valence-corrected chi connectivity index (χ1v) is 21.0. The number of urea groups is 1. The van der Waals surface area contributed by atoms with Gasteiger partial charge < -0.3 is 30.4 Å². The third kappa shape index (κ3) is 9.56. The molecule has 6 aromatic rings. The van der Waals surface area contributed by atoms with Crippen LogP contribution in [0.5, 0.6) is 0 Å². The van der Waals surface area contributed by atoms with Gasteiger partial charge in [0.2, 0.25) is 17.7 Å². The highest BCUT2D eigenvalue weighted by Crippen LogP contribution is 2.35. The number of carbonyl (C=O) groups is 5. The van der Waals surface area contributed by atoms with Gasteiger partial charge in [-0.05, 0) is 61.9 Å². The Hall–Kier alpha value is -7.44. The number of nitrogens with zero attached hydrogens (tertiary/aromatic N) is 8. The van der Waals surface area contributed by atoms with E-state index in [1.807, 2.05) is 62.1 Å². The van der Waals surface area contributed by atoms with Crippen molar-refractivity contribution in [2.75, 3.05) is 21.7 Å². The van der Waals surface area contributed by atoms with Crippen LogP contribution in [0.4, 0.5) is 27.8 Å². The molecule has 1 fully saturated rings. The number of fused-ring (bicyclic) bond motifs is 2. The van der Waals surface area contributed by atoms with Crippen LogP contribution < -0.4 is 27.0 Å². The molecule has 63 heavy (non-hydrogen) atoms. The highest BCUT2D eigenvalue weighted by molar-refractivity contribution is 6.07. The second kappa shape index (κ2) is 17.9. The zero-order chi connectivity index (χ0) is 44.3. The number of carbonyl (C=O) groups excluding carboxylic acids is 5. The topological polar surface area (TPSA) is 250 Å². The molecule has 2 aromatic carbocycles. The van der Waals surface area contributed by atoms with Crippen molar-refractivity contribution in [1.29, 1.82) is 0 Å². The van der Waals surface area contributed by atoms with Gasteiger partial charge in [-0.25, -0.2) is 14.8 Å². The lowest BCUT2D eigenvalue weighted by Crippen LogP contribution is -2.52. The quantitative estimate of drug-likeness (QED) is 0.0608. The minimum Gasteiger partial charge on any atom is -0.383 e. The molecule has 0 bridgehead atoms. The van der Waals surface area contributed by atoms with Gasteiger partial charge in [0.05, 0.1) is 11.1 Å². The minimum atomic E-state index is -0.719. The zero-order valence-corrected chi connectivity index (χ0v) is 35.3. The van der Waals surface area contributed by atoms with Gasteiger partial charge >= 0.3 is 6.03 Å². The third-order valence-electron chi connectivity index (χ3n) is 11.2. The molecule has 6 N–H and O–H groups in total. The summed E-state index contributed by atoms with van der Waals surface area (Å²) in [5.41, 5.74) is 11.8. The lowest BCUT2D eigenvalue weighted by molar-refractivity contribution is -0.137. The summed E-state index contributed by atoms with van der Waals surface area (Å²) in [6.45, 7) is 7.51. The van der Waals surface area contributed by atoms with Gasteiger partial charge in [-0.15, -0.1) is 5.10 Å². The lowest BCUT2D eigenvalue weighted by Gasteiger charge is -2.29. The summed E-state index contributed by atoms with van der Waals surface area (Å²) in [5.74, 6) is 0.119. The molecule has 0 saturated carbocycles. The van der Waals surface area contributed by atoms with Gasteiger partial charge in [-0.2, -0.15) is 0 Å². The fourth-order valence-corrected chi connectivity index (χ4v) is 7.88. The average molecular weight is 856 g/mol. The van der Waals surface area contributed by atoms with Crippen molar-refractivity contribution in [3.8, 4) is 11.1 Å². The van der Waals surface area contributed by atoms with Gasteiger partial charge in [0, 0.05) is 84.4 Å². The normalized spacial score (nSPS) is 15.1. The molecule has 2 aliphatic heterocycles. The maximum absolute atomic E-state index is 13.1. The Morgan fingerprint density at radius 1 is 0.937 bits per heavy atom. The molecule has 1 saturated heterocycles. The van der Waals surface area contributed by atoms with E-state index in [1.165, 1.54) is 11.2 Å². The van der Waals surface area contributed by atoms with E-state index in [4.69, 9.17) is 10.3 Å². The number of hydrogen-bond acceptors (Lipinski definition) is 12. The largest absolute Gasteiger partial charge is 0.383 e. The molecule has 0 spiro atoms.